The number of nitrogens with one attached hydrogen (secondary N) is 2. The highest BCUT2D eigenvalue weighted by molar-refractivity contribution is 6.34. The van der Waals surface area contributed by atoms with Gasteiger partial charge in [0, 0.05) is 16.6 Å². The summed E-state index contributed by atoms with van der Waals surface area (Å²) in [5.41, 5.74) is 2.20. The lowest BCUT2D eigenvalue weighted by Crippen LogP contribution is -2.50. The number of halogens is 2. The number of hydrazine groups is 1. The summed E-state index contributed by atoms with van der Waals surface area (Å²) >= 11 is 11.9. The molecule has 0 spiro atoms. The molecule has 1 fully saturated rings. The van der Waals surface area contributed by atoms with E-state index in [0.717, 1.165) is 10.6 Å². The van der Waals surface area contributed by atoms with Gasteiger partial charge in [0.15, 0.2) is 0 Å². The number of carbonyl (C=O) groups is 3. The SMILES string of the molecule is CCC1(C)NC(=O)N(NC(=O)CN(C)Cc2cc(Cl)cc(Cl)c2)C1=O. The van der Waals surface area contributed by atoms with E-state index in [4.69, 9.17) is 23.2 Å². The minimum absolute atomic E-state index is 0.00989. The lowest BCUT2D eigenvalue weighted by Gasteiger charge is -2.21. The molecule has 2 N–H and O–H groups in total. The van der Waals surface area contributed by atoms with Gasteiger partial charge in [0.25, 0.3) is 11.8 Å². The van der Waals surface area contributed by atoms with E-state index in [1.807, 2.05) is 0 Å². The van der Waals surface area contributed by atoms with Crippen molar-refractivity contribution in [3.8, 4) is 0 Å². The number of urea groups is 1. The first-order valence-electron chi connectivity index (χ1n) is 7.74. The number of hydrogen-bond donors (Lipinski definition) is 2. The van der Waals surface area contributed by atoms with Crippen molar-refractivity contribution in [3.63, 3.8) is 0 Å². The summed E-state index contributed by atoms with van der Waals surface area (Å²) in [4.78, 5) is 38.0. The molecule has 1 aliphatic rings. The second-order valence-corrected chi connectivity index (χ2v) is 7.11. The second kappa shape index (κ2) is 7.59. The third kappa shape index (κ3) is 4.62. The van der Waals surface area contributed by atoms with Crippen molar-refractivity contribution in [3.05, 3.63) is 33.8 Å². The molecule has 0 aromatic heterocycles. The number of carbonyl (C=O) groups excluding carboxylic acids is 3. The molecule has 0 bridgehead atoms. The number of likely N-dealkylation sites (N-methyl/N-ethyl adjacent to an activating group) is 1. The fraction of sp³-hybridized carbons (Fsp3) is 0.438. The van der Waals surface area contributed by atoms with Crippen LogP contribution in [0.2, 0.25) is 10.0 Å². The maximum atomic E-state index is 12.2. The van der Waals surface area contributed by atoms with E-state index in [1.165, 1.54) is 0 Å². The Labute approximate surface area is 156 Å². The molecule has 9 heteroatoms. The van der Waals surface area contributed by atoms with E-state index in [9.17, 15) is 14.4 Å². The Hall–Kier alpha value is -1.83. The lowest BCUT2D eigenvalue weighted by molar-refractivity contribution is -0.139. The number of nitrogens with zero attached hydrogens (tertiary/aromatic N) is 2. The van der Waals surface area contributed by atoms with Gasteiger partial charge in [0.05, 0.1) is 6.54 Å². The van der Waals surface area contributed by atoms with Gasteiger partial charge >= 0.3 is 6.03 Å². The number of imide groups is 1. The molecule has 1 aromatic rings. The van der Waals surface area contributed by atoms with E-state index >= 15 is 0 Å². The molecule has 0 saturated carbocycles. The molecule has 1 heterocycles. The molecule has 136 valence electrons. The molecule has 1 unspecified atom stereocenters. The fourth-order valence-corrected chi connectivity index (χ4v) is 3.07. The van der Waals surface area contributed by atoms with Gasteiger partial charge in [-0.2, -0.15) is 5.01 Å². The molecular weight excluding hydrogens is 367 g/mol. The number of hydrogen-bond acceptors (Lipinski definition) is 4. The van der Waals surface area contributed by atoms with Gasteiger partial charge in [-0.3, -0.25) is 19.9 Å². The number of benzene rings is 1. The maximum Gasteiger partial charge on any atom is 0.344 e. The van der Waals surface area contributed by atoms with Gasteiger partial charge in [0.2, 0.25) is 0 Å². The van der Waals surface area contributed by atoms with E-state index in [1.54, 1.807) is 44.0 Å². The minimum atomic E-state index is -0.992. The molecule has 1 atom stereocenters. The van der Waals surface area contributed by atoms with E-state index in [2.05, 4.69) is 10.7 Å². The first kappa shape index (κ1) is 19.5. The number of amides is 4. The zero-order chi connectivity index (χ0) is 18.8. The van der Waals surface area contributed by atoms with Crippen LogP contribution in [0, 0.1) is 0 Å². The molecule has 1 aromatic carbocycles. The normalized spacial score (nSPS) is 20.2. The van der Waals surface area contributed by atoms with E-state index in [0.29, 0.717) is 23.0 Å². The summed E-state index contributed by atoms with van der Waals surface area (Å²) in [6, 6.07) is 4.51. The third-order valence-electron chi connectivity index (χ3n) is 3.99. The van der Waals surface area contributed by atoms with Crippen molar-refractivity contribution in [2.24, 2.45) is 0 Å². The monoisotopic (exact) mass is 386 g/mol. The second-order valence-electron chi connectivity index (χ2n) is 6.24. The molecule has 0 radical (unpaired) electrons. The summed E-state index contributed by atoms with van der Waals surface area (Å²) in [7, 11) is 1.73. The van der Waals surface area contributed by atoms with Crippen LogP contribution in [0.1, 0.15) is 25.8 Å². The zero-order valence-corrected chi connectivity index (χ0v) is 15.7. The van der Waals surface area contributed by atoms with Crippen LogP contribution < -0.4 is 10.7 Å². The first-order valence-corrected chi connectivity index (χ1v) is 8.50. The van der Waals surface area contributed by atoms with Crippen LogP contribution in [0.4, 0.5) is 4.79 Å². The van der Waals surface area contributed by atoms with Crippen molar-refractivity contribution in [1.82, 2.24) is 20.7 Å². The molecule has 7 nitrogen and oxygen atoms in total. The Morgan fingerprint density at radius 2 is 1.88 bits per heavy atom. The summed E-state index contributed by atoms with van der Waals surface area (Å²) < 4.78 is 0. The first-order chi connectivity index (χ1) is 11.6. The largest absolute Gasteiger partial charge is 0.344 e. The van der Waals surface area contributed by atoms with Crippen LogP contribution >= 0.6 is 23.2 Å². The Morgan fingerprint density at radius 1 is 1.28 bits per heavy atom. The molecule has 25 heavy (non-hydrogen) atoms. The summed E-state index contributed by atoms with van der Waals surface area (Å²) in [6.07, 6.45) is 0.430. The Bertz CT molecular complexity index is 692. The zero-order valence-electron chi connectivity index (χ0n) is 14.2. The van der Waals surface area contributed by atoms with Gasteiger partial charge in [-0.1, -0.05) is 30.1 Å². The Balaban J connectivity index is 1.93. The highest BCUT2D eigenvalue weighted by Gasteiger charge is 2.47. The van der Waals surface area contributed by atoms with Crippen molar-refractivity contribution >= 4 is 41.0 Å². The molecule has 1 saturated heterocycles. The predicted octanol–water partition coefficient (Wildman–Crippen LogP) is 2.18. The van der Waals surface area contributed by atoms with E-state index < -0.39 is 23.4 Å². The van der Waals surface area contributed by atoms with Crippen LogP contribution in [-0.2, 0) is 16.1 Å². The average Bonchev–Trinajstić information content (AvgIpc) is 2.70. The van der Waals surface area contributed by atoms with Crippen LogP contribution in [-0.4, -0.2) is 46.9 Å². The van der Waals surface area contributed by atoms with Gasteiger partial charge in [0.1, 0.15) is 5.54 Å². The van der Waals surface area contributed by atoms with Gasteiger partial charge in [-0.15, -0.1) is 0 Å². The van der Waals surface area contributed by atoms with Crippen molar-refractivity contribution < 1.29 is 14.4 Å². The molecule has 0 aliphatic carbocycles. The third-order valence-corrected chi connectivity index (χ3v) is 4.43. The van der Waals surface area contributed by atoms with Gasteiger partial charge in [-0.25, -0.2) is 4.79 Å². The predicted molar refractivity (Wildman–Crippen MR) is 95.0 cm³/mol. The van der Waals surface area contributed by atoms with Crippen molar-refractivity contribution in [1.29, 1.82) is 0 Å². The fourth-order valence-electron chi connectivity index (χ4n) is 2.50. The Kier molecular flexibility index (Phi) is 5.92. The smallest absolute Gasteiger partial charge is 0.322 e. The van der Waals surface area contributed by atoms with Crippen LogP contribution in [0.25, 0.3) is 0 Å². The topological polar surface area (TPSA) is 81.8 Å². The van der Waals surface area contributed by atoms with Crippen LogP contribution in [0.15, 0.2) is 18.2 Å². The quantitative estimate of drug-likeness (QED) is 0.734. The highest BCUT2D eigenvalue weighted by atomic mass is 35.5. The molecule has 1 aliphatic heterocycles. The molecular formula is C16H20Cl2N4O3. The standard InChI is InChI=1S/C16H20Cl2N4O3/c1-4-16(2)14(24)22(15(25)19-16)20-13(23)9-21(3)8-10-5-11(17)7-12(18)6-10/h5-7H,4,8-9H2,1-3H3,(H,19,25)(H,20,23). The minimum Gasteiger partial charge on any atom is -0.322 e. The summed E-state index contributed by atoms with van der Waals surface area (Å²) in [6.45, 7) is 3.83. The van der Waals surface area contributed by atoms with Gasteiger partial charge < -0.3 is 5.32 Å². The van der Waals surface area contributed by atoms with E-state index in [-0.39, 0.29) is 6.54 Å². The average molecular weight is 387 g/mol. The van der Waals surface area contributed by atoms with Crippen LogP contribution in [0.3, 0.4) is 0 Å². The maximum absolute atomic E-state index is 12.2. The lowest BCUT2D eigenvalue weighted by atomic mass is 10.00. The molecule has 2 rings (SSSR count). The highest BCUT2D eigenvalue weighted by Crippen LogP contribution is 2.20. The molecule has 4 amide bonds. The summed E-state index contributed by atoms with van der Waals surface area (Å²) in [5.74, 6) is -0.947. The Morgan fingerprint density at radius 3 is 2.40 bits per heavy atom. The van der Waals surface area contributed by atoms with Gasteiger partial charge in [-0.05, 0) is 44.2 Å². The number of rotatable bonds is 6. The van der Waals surface area contributed by atoms with Crippen molar-refractivity contribution in [2.75, 3.05) is 13.6 Å². The summed E-state index contributed by atoms with van der Waals surface area (Å²) in [5, 5.41) is 4.33. The van der Waals surface area contributed by atoms with Crippen molar-refractivity contribution in [2.45, 2.75) is 32.4 Å². The van der Waals surface area contributed by atoms with Crippen LogP contribution in [0.5, 0.6) is 0 Å².